The van der Waals surface area contributed by atoms with Crippen LogP contribution in [-0.4, -0.2) is 29.1 Å². The van der Waals surface area contributed by atoms with Gasteiger partial charge in [-0.05, 0) is 37.6 Å². The monoisotopic (exact) mass is 269 g/mol. The molecule has 1 unspecified atom stereocenters. The maximum atomic E-state index is 4.50. The maximum absolute atomic E-state index is 4.50. The van der Waals surface area contributed by atoms with Crippen LogP contribution in [0.1, 0.15) is 12.8 Å². The molecule has 3 rings (SSSR count). The molecule has 1 aliphatic rings. The van der Waals surface area contributed by atoms with Crippen LogP contribution < -0.4 is 16.0 Å². The Labute approximate surface area is 118 Å². The van der Waals surface area contributed by atoms with Gasteiger partial charge in [-0.25, -0.2) is 4.98 Å². The molecule has 0 bridgehead atoms. The van der Waals surface area contributed by atoms with Gasteiger partial charge in [-0.3, -0.25) is 0 Å². The van der Waals surface area contributed by atoms with Gasteiger partial charge < -0.3 is 16.0 Å². The highest BCUT2D eigenvalue weighted by Crippen LogP contribution is 2.15. The first-order valence-corrected chi connectivity index (χ1v) is 7.02. The number of nitrogens with one attached hydrogen (secondary N) is 3. The summed E-state index contributed by atoms with van der Waals surface area (Å²) >= 11 is 0. The molecular formula is C15H19N5. The Kier molecular flexibility index (Phi) is 4.08. The Morgan fingerprint density at radius 1 is 1.15 bits per heavy atom. The van der Waals surface area contributed by atoms with Gasteiger partial charge in [0.2, 0.25) is 5.95 Å². The predicted molar refractivity (Wildman–Crippen MR) is 81.3 cm³/mol. The van der Waals surface area contributed by atoms with Crippen LogP contribution in [0.5, 0.6) is 0 Å². The van der Waals surface area contributed by atoms with E-state index in [9.17, 15) is 0 Å². The third kappa shape index (κ3) is 3.45. The van der Waals surface area contributed by atoms with Gasteiger partial charge in [0.15, 0.2) is 0 Å². The topological polar surface area (TPSA) is 61.9 Å². The lowest BCUT2D eigenvalue weighted by atomic mass is 10.1. The zero-order valence-electron chi connectivity index (χ0n) is 11.3. The summed E-state index contributed by atoms with van der Waals surface area (Å²) in [6, 6.07) is 12.3. The first-order chi connectivity index (χ1) is 9.90. The zero-order valence-corrected chi connectivity index (χ0v) is 11.3. The minimum absolute atomic E-state index is 0.413. The SMILES string of the molecule is c1ccc(Nc2ccnc(NC3CCCNC3)n2)cc1. The average molecular weight is 269 g/mol. The van der Waals surface area contributed by atoms with E-state index in [0.29, 0.717) is 12.0 Å². The summed E-state index contributed by atoms with van der Waals surface area (Å²) in [6.45, 7) is 2.08. The molecule has 104 valence electrons. The van der Waals surface area contributed by atoms with Crippen molar-refractivity contribution in [2.75, 3.05) is 23.7 Å². The first-order valence-electron chi connectivity index (χ1n) is 7.02. The van der Waals surface area contributed by atoms with Crippen LogP contribution in [0.2, 0.25) is 0 Å². The van der Waals surface area contributed by atoms with Crippen LogP contribution in [0.4, 0.5) is 17.5 Å². The predicted octanol–water partition coefficient (Wildman–Crippen LogP) is 2.38. The zero-order chi connectivity index (χ0) is 13.6. The molecule has 0 aliphatic carbocycles. The number of benzene rings is 1. The third-order valence-electron chi connectivity index (χ3n) is 3.33. The summed E-state index contributed by atoms with van der Waals surface area (Å²) in [6.07, 6.45) is 4.13. The second kappa shape index (κ2) is 6.34. The quantitative estimate of drug-likeness (QED) is 0.795. The molecule has 1 fully saturated rings. The van der Waals surface area contributed by atoms with Gasteiger partial charge in [0.05, 0.1) is 0 Å². The summed E-state index contributed by atoms with van der Waals surface area (Å²) in [5.41, 5.74) is 1.02. The van der Waals surface area contributed by atoms with Crippen molar-refractivity contribution in [3.8, 4) is 0 Å². The molecule has 1 aliphatic heterocycles. The van der Waals surface area contributed by atoms with Gasteiger partial charge in [0.25, 0.3) is 0 Å². The van der Waals surface area contributed by atoms with E-state index < -0.39 is 0 Å². The summed E-state index contributed by atoms with van der Waals surface area (Å²) in [5, 5.41) is 10.0. The fourth-order valence-electron chi connectivity index (χ4n) is 2.32. The van der Waals surface area contributed by atoms with Crippen LogP contribution in [0.25, 0.3) is 0 Å². The van der Waals surface area contributed by atoms with E-state index in [-0.39, 0.29) is 0 Å². The smallest absolute Gasteiger partial charge is 0.224 e. The van der Waals surface area contributed by atoms with Crippen molar-refractivity contribution in [1.29, 1.82) is 0 Å². The summed E-state index contributed by atoms with van der Waals surface area (Å²) in [5.74, 6) is 1.48. The molecule has 3 N–H and O–H groups in total. The number of para-hydroxylation sites is 1. The van der Waals surface area contributed by atoms with Crippen molar-refractivity contribution in [3.63, 3.8) is 0 Å². The molecule has 20 heavy (non-hydrogen) atoms. The molecule has 1 atom stereocenters. The number of piperidine rings is 1. The summed E-state index contributed by atoms with van der Waals surface area (Å²) < 4.78 is 0. The lowest BCUT2D eigenvalue weighted by Gasteiger charge is -2.23. The lowest BCUT2D eigenvalue weighted by molar-refractivity contribution is 0.478. The van der Waals surface area contributed by atoms with E-state index in [1.54, 1.807) is 6.20 Å². The Morgan fingerprint density at radius 2 is 2.05 bits per heavy atom. The largest absolute Gasteiger partial charge is 0.350 e. The van der Waals surface area contributed by atoms with Crippen LogP contribution in [0.3, 0.4) is 0 Å². The molecule has 2 aromatic rings. The minimum Gasteiger partial charge on any atom is -0.350 e. The number of anilines is 3. The average Bonchev–Trinajstić information content (AvgIpc) is 2.50. The molecule has 5 heteroatoms. The highest BCUT2D eigenvalue weighted by atomic mass is 15.2. The Hall–Kier alpha value is -2.14. The Morgan fingerprint density at radius 3 is 2.85 bits per heavy atom. The molecule has 0 amide bonds. The Bertz CT molecular complexity index is 537. The van der Waals surface area contributed by atoms with E-state index in [1.807, 2.05) is 36.4 Å². The minimum atomic E-state index is 0.413. The van der Waals surface area contributed by atoms with Gasteiger partial charge >= 0.3 is 0 Å². The van der Waals surface area contributed by atoms with Gasteiger partial charge in [0.1, 0.15) is 5.82 Å². The van der Waals surface area contributed by atoms with E-state index in [0.717, 1.165) is 31.0 Å². The van der Waals surface area contributed by atoms with Crippen LogP contribution in [0, 0.1) is 0 Å². The van der Waals surface area contributed by atoms with Crippen molar-refractivity contribution in [2.24, 2.45) is 0 Å². The van der Waals surface area contributed by atoms with E-state index in [4.69, 9.17) is 0 Å². The highest BCUT2D eigenvalue weighted by molar-refractivity contribution is 5.56. The van der Waals surface area contributed by atoms with Crippen molar-refractivity contribution in [3.05, 3.63) is 42.6 Å². The van der Waals surface area contributed by atoms with Crippen LogP contribution in [0.15, 0.2) is 42.6 Å². The standard InChI is InChI=1S/C15H19N5/c1-2-5-12(6-3-1)18-14-8-10-17-15(20-14)19-13-7-4-9-16-11-13/h1-3,5-6,8,10,13,16H,4,7,9,11H2,(H2,17,18,19,20). The molecule has 1 aromatic carbocycles. The second-order valence-electron chi connectivity index (χ2n) is 4.94. The molecule has 5 nitrogen and oxygen atoms in total. The van der Waals surface area contributed by atoms with E-state index in [2.05, 4.69) is 25.9 Å². The number of hydrogen-bond donors (Lipinski definition) is 3. The van der Waals surface area contributed by atoms with E-state index >= 15 is 0 Å². The van der Waals surface area contributed by atoms with Gasteiger partial charge in [-0.15, -0.1) is 0 Å². The lowest BCUT2D eigenvalue weighted by Crippen LogP contribution is -2.38. The summed E-state index contributed by atoms with van der Waals surface area (Å²) in [7, 11) is 0. The van der Waals surface area contributed by atoms with Crippen molar-refractivity contribution in [1.82, 2.24) is 15.3 Å². The number of aromatic nitrogens is 2. The van der Waals surface area contributed by atoms with E-state index in [1.165, 1.54) is 6.42 Å². The van der Waals surface area contributed by atoms with Crippen LogP contribution >= 0.6 is 0 Å². The van der Waals surface area contributed by atoms with Gasteiger partial charge in [-0.1, -0.05) is 18.2 Å². The third-order valence-corrected chi connectivity index (χ3v) is 3.33. The summed E-state index contributed by atoms with van der Waals surface area (Å²) in [4.78, 5) is 8.79. The first kappa shape index (κ1) is 12.9. The van der Waals surface area contributed by atoms with Crippen LogP contribution in [-0.2, 0) is 0 Å². The molecular weight excluding hydrogens is 250 g/mol. The second-order valence-corrected chi connectivity index (χ2v) is 4.94. The Balaban J connectivity index is 1.66. The molecule has 1 aromatic heterocycles. The molecule has 2 heterocycles. The fourth-order valence-corrected chi connectivity index (χ4v) is 2.32. The fraction of sp³-hybridized carbons (Fsp3) is 0.333. The number of hydrogen-bond acceptors (Lipinski definition) is 5. The molecule has 0 saturated carbocycles. The highest BCUT2D eigenvalue weighted by Gasteiger charge is 2.13. The molecule has 0 spiro atoms. The van der Waals surface area contributed by atoms with Crippen molar-refractivity contribution >= 4 is 17.5 Å². The van der Waals surface area contributed by atoms with Gasteiger partial charge in [0, 0.05) is 24.5 Å². The normalized spacial score (nSPS) is 18.5. The molecule has 0 radical (unpaired) electrons. The van der Waals surface area contributed by atoms with Crippen molar-refractivity contribution in [2.45, 2.75) is 18.9 Å². The maximum Gasteiger partial charge on any atom is 0.224 e. The number of nitrogens with zero attached hydrogens (tertiary/aromatic N) is 2. The van der Waals surface area contributed by atoms with Gasteiger partial charge in [-0.2, -0.15) is 4.98 Å². The van der Waals surface area contributed by atoms with Crippen molar-refractivity contribution < 1.29 is 0 Å². The molecule has 1 saturated heterocycles. The number of rotatable bonds is 4.